The minimum atomic E-state index is -6.19. The molecule has 2 aliphatic carbocycles. The van der Waals surface area contributed by atoms with Gasteiger partial charge in [-0.2, -0.15) is 34.8 Å². The van der Waals surface area contributed by atoms with Crippen molar-refractivity contribution in [2.75, 3.05) is 5.75 Å². The summed E-state index contributed by atoms with van der Waals surface area (Å²) < 4.78 is 129. The highest BCUT2D eigenvalue weighted by Crippen LogP contribution is 2.56. The number of hydrogen-bond donors (Lipinski definition) is 3. The maximum absolute atomic E-state index is 13.8. The molecule has 1 amide bonds. The van der Waals surface area contributed by atoms with Crippen LogP contribution in [0.25, 0.3) is 0 Å². The fraction of sp³-hybridized carbons (Fsp3) is 0.871. The van der Waals surface area contributed by atoms with E-state index in [9.17, 15) is 63.6 Å². The van der Waals surface area contributed by atoms with Crippen molar-refractivity contribution in [3.05, 3.63) is 0 Å². The van der Waals surface area contributed by atoms with Gasteiger partial charge in [-0.15, -0.1) is 0 Å². The molecule has 3 fully saturated rings. The Balaban J connectivity index is 1.90. The van der Waals surface area contributed by atoms with E-state index in [-0.39, 0.29) is 30.1 Å². The van der Waals surface area contributed by atoms with Crippen molar-refractivity contribution in [3.8, 4) is 0 Å². The molecule has 288 valence electrons. The fourth-order valence-corrected chi connectivity index (χ4v) is 8.68. The third kappa shape index (κ3) is 8.85. The molecule has 3 aliphatic rings. The first-order valence-electron chi connectivity index (χ1n) is 16.1. The third-order valence-corrected chi connectivity index (χ3v) is 11.0. The van der Waals surface area contributed by atoms with Gasteiger partial charge < -0.3 is 24.6 Å². The molecular formula is C31H45F6NO11S. The lowest BCUT2D eigenvalue weighted by Gasteiger charge is -2.39. The normalized spacial score (nSPS) is 26.5. The first-order chi connectivity index (χ1) is 22.4. The van der Waals surface area contributed by atoms with Crippen molar-refractivity contribution in [1.29, 1.82) is 0 Å². The summed E-state index contributed by atoms with van der Waals surface area (Å²) in [6.45, 7) is 8.78. The minimum absolute atomic E-state index is 0.0155. The smallest absolute Gasteiger partial charge is 0.426 e. The summed E-state index contributed by atoms with van der Waals surface area (Å²) in [6.07, 6.45) is -18.0. The average molecular weight is 754 g/mol. The standard InChI is InChI=1S/C31H45F6NO11S/c1-8-16(22(39)38-27(5,6)14-50(44,45)46)12-28(7,25(42)47-15(2)11-29(43,30(32,33)34)31(35,36)37)13-26(3,4)24(41)49-20-17-9-18-19(10-17)23(40)48-21(18)20/h15-21,43H,8-14H2,1-7H3,(H,38,39)(H,44,45,46). The number of alkyl halides is 6. The topological polar surface area (TPSA) is 183 Å². The van der Waals surface area contributed by atoms with Gasteiger partial charge in [-0.1, -0.05) is 6.92 Å². The Labute approximate surface area is 286 Å². The Morgan fingerprint density at radius 3 is 2.04 bits per heavy atom. The molecule has 12 nitrogen and oxygen atoms in total. The lowest BCUT2D eigenvalue weighted by molar-refractivity contribution is -0.373. The Hall–Kier alpha value is -2.67. The van der Waals surface area contributed by atoms with Crippen molar-refractivity contribution in [1.82, 2.24) is 5.32 Å². The summed E-state index contributed by atoms with van der Waals surface area (Å²) in [6, 6.07) is 0. The maximum Gasteiger partial charge on any atom is 0.426 e. The van der Waals surface area contributed by atoms with Crippen LogP contribution < -0.4 is 5.32 Å². The molecule has 0 radical (unpaired) electrons. The van der Waals surface area contributed by atoms with Gasteiger partial charge in [0.15, 0.2) is 0 Å². The van der Waals surface area contributed by atoms with Crippen molar-refractivity contribution in [2.45, 2.75) is 129 Å². The molecule has 3 rings (SSSR count). The number of carbonyl (C=O) groups excluding carboxylic acids is 4. The van der Waals surface area contributed by atoms with Gasteiger partial charge in [0, 0.05) is 24.2 Å². The van der Waals surface area contributed by atoms with Crippen molar-refractivity contribution in [3.63, 3.8) is 0 Å². The molecule has 8 unspecified atom stereocenters. The Morgan fingerprint density at radius 2 is 1.54 bits per heavy atom. The number of fused-ring (bicyclic) bond motifs is 1. The minimum Gasteiger partial charge on any atom is -0.462 e. The van der Waals surface area contributed by atoms with Crippen LogP contribution in [0.1, 0.15) is 87.0 Å². The molecule has 3 N–H and O–H groups in total. The van der Waals surface area contributed by atoms with E-state index in [4.69, 9.17) is 14.2 Å². The highest BCUT2D eigenvalue weighted by Gasteiger charge is 2.71. The Morgan fingerprint density at radius 1 is 0.980 bits per heavy atom. The summed E-state index contributed by atoms with van der Waals surface area (Å²) in [5, 5.41) is 12.1. The first-order valence-corrected chi connectivity index (χ1v) is 17.7. The summed E-state index contributed by atoms with van der Waals surface area (Å²) >= 11 is 0. The van der Waals surface area contributed by atoms with E-state index in [1.54, 1.807) is 0 Å². The van der Waals surface area contributed by atoms with Crippen LogP contribution in [0.4, 0.5) is 26.3 Å². The van der Waals surface area contributed by atoms with Crippen LogP contribution in [0.3, 0.4) is 0 Å². The fourth-order valence-electron chi connectivity index (χ4n) is 7.69. The van der Waals surface area contributed by atoms with Crippen LogP contribution in [0.2, 0.25) is 0 Å². The van der Waals surface area contributed by atoms with Gasteiger partial charge >= 0.3 is 30.3 Å². The molecule has 0 aromatic carbocycles. The van der Waals surface area contributed by atoms with E-state index in [0.717, 1.165) is 0 Å². The predicted molar refractivity (Wildman–Crippen MR) is 160 cm³/mol. The van der Waals surface area contributed by atoms with Gasteiger partial charge in [0.1, 0.15) is 18.3 Å². The molecule has 19 heteroatoms. The molecule has 8 atom stereocenters. The summed E-state index contributed by atoms with van der Waals surface area (Å²) in [7, 11) is -4.56. The second-order valence-corrected chi connectivity index (χ2v) is 17.0. The lowest BCUT2D eigenvalue weighted by Crippen LogP contribution is -2.58. The SMILES string of the molecule is CCC(CC(C)(CC(C)(C)C(=O)OC1C2CC3C(=O)OC1C3C2)C(=O)OC(C)CC(O)(C(F)(F)F)C(F)(F)F)C(=O)NC(C)(C)CS(=O)(=O)O. The lowest BCUT2D eigenvalue weighted by atomic mass is 9.69. The average Bonchev–Trinajstić information content (AvgIpc) is 3.53. The van der Waals surface area contributed by atoms with Gasteiger partial charge in [-0.3, -0.25) is 23.7 Å². The van der Waals surface area contributed by atoms with Gasteiger partial charge in [0.05, 0.1) is 28.0 Å². The van der Waals surface area contributed by atoms with E-state index >= 15 is 0 Å². The summed E-state index contributed by atoms with van der Waals surface area (Å²) in [4.78, 5) is 52.9. The molecule has 0 aromatic rings. The monoisotopic (exact) mass is 753 g/mol. The molecule has 50 heavy (non-hydrogen) atoms. The number of ether oxygens (including phenoxy) is 3. The zero-order valence-corrected chi connectivity index (χ0v) is 29.6. The maximum atomic E-state index is 13.8. The van der Waals surface area contributed by atoms with Crippen molar-refractivity contribution in [2.24, 2.45) is 34.5 Å². The number of nitrogens with one attached hydrogen (secondary N) is 1. The zero-order valence-electron chi connectivity index (χ0n) is 28.7. The number of carbonyl (C=O) groups is 4. The Bertz CT molecular complexity index is 1430. The highest BCUT2D eigenvalue weighted by atomic mass is 32.2. The van der Waals surface area contributed by atoms with E-state index in [1.165, 1.54) is 41.5 Å². The van der Waals surface area contributed by atoms with E-state index < -0.39 is 112 Å². The van der Waals surface area contributed by atoms with Crippen LogP contribution >= 0.6 is 0 Å². The molecule has 1 heterocycles. The van der Waals surface area contributed by atoms with Crippen LogP contribution in [0, 0.1) is 34.5 Å². The number of rotatable bonds is 15. The first kappa shape index (κ1) is 41.7. The second-order valence-electron chi connectivity index (χ2n) is 15.6. The molecule has 2 saturated carbocycles. The molecule has 0 aromatic heterocycles. The Kier molecular flexibility index (Phi) is 11.4. The number of amides is 1. The molecule has 1 saturated heterocycles. The van der Waals surface area contributed by atoms with Gasteiger partial charge in [0.2, 0.25) is 5.91 Å². The number of halogens is 6. The van der Waals surface area contributed by atoms with E-state index in [1.807, 2.05) is 0 Å². The quantitative estimate of drug-likeness (QED) is 0.0940. The largest absolute Gasteiger partial charge is 0.462 e. The molecular weight excluding hydrogens is 708 g/mol. The van der Waals surface area contributed by atoms with Gasteiger partial charge in [-0.05, 0) is 73.6 Å². The van der Waals surface area contributed by atoms with Crippen LogP contribution in [-0.2, 0) is 43.5 Å². The van der Waals surface area contributed by atoms with Crippen molar-refractivity contribution >= 4 is 33.9 Å². The number of hydrogen-bond acceptors (Lipinski definition) is 10. The zero-order chi connectivity index (χ0) is 38.6. The van der Waals surface area contributed by atoms with Crippen LogP contribution in [0.15, 0.2) is 0 Å². The number of aliphatic hydroxyl groups is 1. The highest BCUT2D eigenvalue weighted by molar-refractivity contribution is 7.85. The van der Waals surface area contributed by atoms with E-state index in [0.29, 0.717) is 19.8 Å². The van der Waals surface area contributed by atoms with Gasteiger partial charge in [0.25, 0.3) is 15.7 Å². The number of esters is 3. The summed E-state index contributed by atoms with van der Waals surface area (Å²) in [5.74, 6) is -6.01. The summed E-state index contributed by atoms with van der Waals surface area (Å²) in [5.41, 5.74) is -10.3. The van der Waals surface area contributed by atoms with Gasteiger partial charge in [-0.25, -0.2) is 0 Å². The van der Waals surface area contributed by atoms with Crippen LogP contribution in [0.5, 0.6) is 0 Å². The molecule has 1 aliphatic heterocycles. The molecule has 0 spiro atoms. The predicted octanol–water partition coefficient (Wildman–Crippen LogP) is 4.28. The second kappa shape index (κ2) is 13.7. The molecule has 2 bridgehead atoms. The third-order valence-electron chi connectivity index (χ3n) is 9.93. The van der Waals surface area contributed by atoms with Crippen LogP contribution in [-0.4, -0.2) is 89.4 Å². The van der Waals surface area contributed by atoms with E-state index in [2.05, 4.69) is 5.32 Å². The van der Waals surface area contributed by atoms with Crippen molar-refractivity contribution < 1.29 is 77.8 Å².